The number of aryl methyl sites for hydroxylation is 1. The van der Waals surface area contributed by atoms with E-state index in [0.29, 0.717) is 0 Å². The van der Waals surface area contributed by atoms with Crippen LogP contribution < -0.4 is 5.32 Å². The van der Waals surface area contributed by atoms with E-state index < -0.39 is 0 Å². The van der Waals surface area contributed by atoms with Crippen LogP contribution in [0.2, 0.25) is 0 Å². The molecular weight excluding hydrogens is 352 g/mol. The first-order valence-electron chi connectivity index (χ1n) is 5.24. The van der Waals surface area contributed by atoms with Crippen LogP contribution in [0.15, 0.2) is 26.0 Å². The van der Waals surface area contributed by atoms with Crippen molar-refractivity contribution in [3.63, 3.8) is 0 Å². The van der Waals surface area contributed by atoms with Gasteiger partial charge in [-0.25, -0.2) is 4.98 Å². The minimum atomic E-state index is 0.723. The first-order chi connectivity index (χ1) is 8.25. The van der Waals surface area contributed by atoms with Crippen LogP contribution in [0.1, 0.15) is 18.0 Å². The van der Waals surface area contributed by atoms with Crippen LogP contribution in [0.5, 0.6) is 0 Å². The molecule has 0 atom stereocenters. The number of aromatic nitrogens is 3. The third-order valence-corrected chi connectivity index (χ3v) is 3.94. The molecule has 0 radical (unpaired) electrons. The van der Waals surface area contributed by atoms with E-state index in [1.807, 2.05) is 6.07 Å². The van der Waals surface area contributed by atoms with E-state index in [-0.39, 0.29) is 0 Å². The molecule has 2 rings (SSSR count). The fourth-order valence-corrected chi connectivity index (χ4v) is 2.08. The predicted octanol–water partition coefficient (Wildman–Crippen LogP) is 2.65. The lowest BCUT2D eigenvalue weighted by Crippen LogP contribution is -2.15. The summed E-state index contributed by atoms with van der Waals surface area (Å²) in [6.45, 7) is 1.64. The third-order valence-electron chi connectivity index (χ3n) is 2.23. The van der Waals surface area contributed by atoms with Gasteiger partial charge in [0.15, 0.2) is 4.67 Å². The van der Waals surface area contributed by atoms with Crippen LogP contribution in [-0.2, 0) is 13.0 Å². The SMILES string of the molecule is Brc1cc(CNCCCc2ncn[nH]2)oc1Br. The van der Waals surface area contributed by atoms with Crippen LogP contribution >= 0.6 is 31.9 Å². The molecule has 0 aliphatic heterocycles. The Bertz CT molecular complexity index is 435. The predicted molar refractivity (Wildman–Crippen MR) is 70.5 cm³/mol. The van der Waals surface area contributed by atoms with Crippen molar-refractivity contribution in [2.45, 2.75) is 19.4 Å². The van der Waals surface area contributed by atoms with Gasteiger partial charge in [0.2, 0.25) is 0 Å². The van der Waals surface area contributed by atoms with Gasteiger partial charge in [-0.2, -0.15) is 5.10 Å². The summed E-state index contributed by atoms with van der Waals surface area (Å²) in [6.07, 6.45) is 3.44. The van der Waals surface area contributed by atoms with Gasteiger partial charge in [-0.3, -0.25) is 5.10 Å². The van der Waals surface area contributed by atoms with Crippen molar-refractivity contribution >= 4 is 31.9 Å². The Balaban J connectivity index is 1.63. The van der Waals surface area contributed by atoms with Gasteiger partial charge in [0, 0.05) is 6.42 Å². The number of aromatic amines is 1. The molecule has 17 heavy (non-hydrogen) atoms. The van der Waals surface area contributed by atoms with E-state index in [1.165, 1.54) is 6.33 Å². The molecule has 0 unspecified atom stereocenters. The fraction of sp³-hybridized carbons (Fsp3) is 0.400. The second-order valence-corrected chi connectivity index (χ2v) is 5.12. The van der Waals surface area contributed by atoms with Gasteiger partial charge >= 0.3 is 0 Å². The normalized spacial score (nSPS) is 10.9. The summed E-state index contributed by atoms with van der Waals surface area (Å²) in [5.41, 5.74) is 0. The van der Waals surface area contributed by atoms with Crippen molar-refractivity contribution in [3.8, 4) is 0 Å². The number of hydrogen-bond donors (Lipinski definition) is 2. The quantitative estimate of drug-likeness (QED) is 0.774. The molecular formula is C10H12Br2N4O. The maximum atomic E-state index is 5.45. The average Bonchev–Trinajstić information content (AvgIpc) is 2.90. The molecule has 92 valence electrons. The highest BCUT2D eigenvalue weighted by Gasteiger charge is 2.05. The Hall–Kier alpha value is -0.660. The summed E-state index contributed by atoms with van der Waals surface area (Å²) < 4.78 is 7.12. The number of nitrogens with zero attached hydrogens (tertiary/aromatic N) is 2. The van der Waals surface area contributed by atoms with Gasteiger partial charge in [0.1, 0.15) is 17.9 Å². The maximum absolute atomic E-state index is 5.45. The molecule has 0 amide bonds. The Kier molecular flexibility index (Phi) is 4.75. The molecule has 0 aromatic carbocycles. The molecule has 2 aromatic heterocycles. The lowest BCUT2D eigenvalue weighted by molar-refractivity contribution is 0.463. The lowest BCUT2D eigenvalue weighted by atomic mass is 10.3. The Morgan fingerprint density at radius 3 is 2.94 bits per heavy atom. The van der Waals surface area contributed by atoms with Crippen LogP contribution in [0, 0.1) is 0 Å². The molecule has 0 fully saturated rings. The number of nitrogens with one attached hydrogen (secondary N) is 2. The van der Waals surface area contributed by atoms with E-state index >= 15 is 0 Å². The summed E-state index contributed by atoms with van der Waals surface area (Å²) in [6, 6.07) is 1.95. The first kappa shape index (κ1) is 12.8. The number of halogens is 2. The molecule has 0 bridgehead atoms. The highest BCUT2D eigenvalue weighted by atomic mass is 79.9. The molecule has 0 aliphatic rings. The van der Waals surface area contributed by atoms with E-state index in [1.54, 1.807) is 0 Å². The standard InChI is InChI=1S/C10H12Br2N4O/c11-8-4-7(17-10(8)12)5-13-3-1-2-9-14-6-15-16-9/h4,6,13H,1-3,5H2,(H,14,15,16). The Labute approximate surface area is 116 Å². The molecule has 2 N–H and O–H groups in total. The minimum absolute atomic E-state index is 0.723. The van der Waals surface area contributed by atoms with Crippen molar-refractivity contribution < 1.29 is 4.42 Å². The summed E-state index contributed by atoms with van der Waals surface area (Å²) in [5, 5.41) is 9.94. The van der Waals surface area contributed by atoms with Crippen molar-refractivity contribution in [3.05, 3.63) is 33.1 Å². The minimum Gasteiger partial charge on any atom is -0.452 e. The van der Waals surface area contributed by atoms with Gasteiger partial charge in [-0.15, -0.1) is 0 Å². The molecule has 0 saturated heterocycles. The van der Waals surface area contributed by atoms with Crippen molar-refractivity contribution in [2.24, 2.45) is 0 Å². The number of rotatable bonds is 6. The monoisotopic (exact) mass is 362 g/mol. The third kappa shape index (κ3) is 3.93. The van der Waals surface area contributed by atoms with Gasteiger partial charge < -0.3 is 9.73 Å². The van der Waals surface area contributed by atoms with Crippen LogP contribution in [-0.4, -0.2) is 21.7 Å². The zero-order chi connectivity index (χ0) is 12.1. The van der Waals surface area contributed by atoms with Gasteiger partial charge in [0.25, 0.3) is 0 Å². The smallest absolute Gasteiger partial charge is 0.183 e. The van der Waals surface area contributed by atoms with Crippen LogP contribution in [0.3, 0.4) is 0 Å². The van der Waals surface area contributed by atoms with Crippen LogP contribution in [0.25, 0.3) is 0 Å². The molecule has 0 aliphatic carbocycles. The van der Waals surface area contributed by atoms with Gasteiger partial charge in [-0.1, -0.05) is 0 Å². The second kappa shape index (κ2) is 6.32. The number of H-pyrrole nitrogens is 1. The topological polar surface area (TPSA) is 66.7 Å². The van der Waals surface area contributed by atoms with Crippen molar-refractivity contribution in [1.82, 2.24) is 20.5 Å². The average molecular weight is 364 g/mol. The number of furan rings is 1. The molecule has 0 spiro atoms. The zero-order valence-electron chi connectivity index (χ0n) is 9.04. The van der Waals surface area contributed by atoms with E-state index in [0.717, 1.165) is 46.7 Å². The van der Waals surface area contributed by atoms with E-state index in [4.69, 9.17) is 4.42 Å². The van der Waals surface area contributed by atoms with Gasteiger partial charge in [0.05, 0.1) is 11.0 Å². The largest absolute Gasteiger partial charge is 0.452 e. The highest BCUT2D eigenvalue weighted by molar-refractivity contribution is 9.13. The van der Waals surface area contributed by atoms with Crippen LogP contribution in [0.4, 0.5) is 0 Å². The van der Waals surface area contributed by atoms with E-state index in [9.17, 15) is 0 Å². The molecule has 0 saturated carbocycles. The van der Waals surface area contributed by atoms with Crippen molar-refractivity contribution in [2.75, 3.05) is 6.54 Å². The van der Waals surface area contributed by atoms with E-state index in [2.05, 4.69) is 52.4 Å². The highest BCUT2D eigenvalue weighted by Crippen LogP contribution is 2.26. The summed E-state index contributed by atoms with van der Waals surface area (Å²) in [4.78, 5) is 4.06. The Morgan fingerprint density at radius 1 is 1.41 bits per heavy atom. The van der Waals surface area contributed by atoms with Crippen molar-refractivity contribution in [1.29, 1.82) is 0 Å². The molecule has 2 aromatic rings. The molecule has 5 nitrogen and oxygen atoms in total. The number of hydrogen-bond acceptors (Lipinski definition) is 4. The summed E-state index contributed by atoms with van der Waals surface area (Å²) >= 11 is 6.68. The maximum Gasteiger partial charge on any atom is 0.183 e. The summed E-state index contributed by atoms with van der Waals surface area (Å²) in [5.74, 6) is 1.83. The lowest BCUT2D eigenvalue weighted by Gasteiger charge is -2.00. The molecule has 2 heterocycles. The Morgan fingerprint density at radius 2 is 2.29 bits per heavy atom. The second-order valence-electron chi connectivity index (χ2n) is 3.55. The summed E-state index contributed by atoms with van der Waals surface area (Å²) in [7, 11) is 0. The fourth-order valence-electron chi connectivity index (χ4n) is 1.42. The van der Waals surface area contributed by atoms with Gasteiger partial charge in [-0.05, 0) is 50.9 Å². The first-order valence-corrected chi connectivity index (χ1v) is 6.83. The zero-order valence-corrected chi connectivity index (χ0v) is 12.2. The molecule has 7 heteroatoms.